The zero-order valence-electron chi connectivity index (χ0n) is 14.2. The quantitative estimate of drug-likeness (QED) is 0.787. The SMILES string of the molecule is O=C(O)c1cccnc1N1CC(c2c(Cl)cccc2Cl)CC(C2CC2)C1. The minimum Gasteiger partial charge on any atom is -0.478 e. The van der Waals surface area contributed by atoms with Gasteiger partial charge in [0.25, 0.3) is 0 Å². The maximum atomic E-state index is 11.6. The van der Waals surface area contributed by atoms with E-state index in [0.717, 1.165) is 18.5 Å². The van der Waals surface area contributed by atoms with Crippen molar-refractivity contribution in [2.24, 2.45) is 11.8 Å². The summed E-state index contributed by atoms with van der Waals surface area (Å²) in [5.74, 6) is 0.968. The number of carboxylic acids is 1. The van der Waals surface area contributed by atoms with E-state index in [-0.39, 0.29) is 11.5 Å². The number of piperidine rings is 1. The minimum absolute atomic E-state index is 0.166. The van der Waals surface area contributed by atoms with Crippen molar-refractivity contribution in [3.8, 4) is 0 Å². The Morgan fingerprint density at radius 1 is 1.08 bits per heavy atom. The van der Waals surface area contributed by atoms with E-state index >= 15 is 0 Å². The molecule has 4 rings (SSSR count). The van der Waals surface area contributed by atoms with Crippen molar-refractivity contribution in [3.05, 3.63) is 57.7 Å². The molecule has 2 heterocycles. The van der Waals surface area contributed by atoms with Crippen LogP contribution in [0.4, 0.5) is 5.82 Å². The number of pyridine rings is 1. The Morgan fingerprint density at radius 2 is 1.81 bits per heavy atom. The Labute approximate surface area is 162 Å². The van der Waals surface area contributed by atoms with E-state index in [0.29, 0.717) is 34.2 Å². The molecule has 1 saturated heterocycles. The van der Waals surface area contributed by atoms with Crippen molar-refractivity contribution in [3.63, 3.8) is 0 Å². The maximum absolute atomic E-state index is 11.6. The molecule has 0 bridgehead atoms. The summed E-state index contributed by atoms with van der Waals surface area (Å²) in [7, 11) is 0. The van der Waals surface area contributed by atoms with Gasteiger partial charge in [0.15, 0.2) is 0 Å². The summed E-state index contributed by atoms with van der Waals surface area (Å²) in [6.07, 6.45) is 5.17. The molecular formula is C20H20Cl2N2O2. The van der Waals surface area contributed by atoms with Gasteiger partial charge in [-0.1, -0.05) is 29.3 Å². The molecule has 1 aromatic carbocycles. The van der Waals surface area contributed by atoms with E-state index in [1.807, 2.05) is 18.2 Å². The zero-order valence-corrected chi connectivity index (χ0v) is 15.7. The molecule has 2 aliphatic rings. The molecule has 0 radical (unpaired) electrons. The summed E-state index contributed by atoms with van der Waals surface area (Å²) < 4.78 is 0. The van der Waals surface area contributed by atoms with Crippen LogP contribution in [-0.2, 0) is 0 Å². The number of aromatic nitrogens is 1. The van der Waals surface area contributed by atoms with Gasteiger partial charge in [-0.2, -0.15) is 0 Å². The molecule has 1 aliphatic carbocycles. The smallest absolute Gasteiger partial charge is 0.339 e. The number of hydrogen-bond acceptors (Lipinski definition) is 3. The first-order chi connectivity index (χ1) is 12.5. The van der Waals surface area contributed by atoms with E-state index in [2.05, 4.69) is 9.88 Å². The zero-order chi connectivity index (χ0) is 18.3. The molecule has 0 spiro atoms. The van der Waals surface area contributed by atoms with Gasteiger partial charge < -0.3 is 10.0 Å². The lowest BCUT2D eigenvalue weighted by atomic mass is 9.82. The van der Waals surface area contributed by atoms with Crippen molar-refractivity contribution in [1.82, 2.24) is 4.98 Å². The largest absolute Gasteiger partial charge is 0.478 e. The monoisotopic (exact) mass is 390 g/mol. The summed E-state index contributed by atoms with van der Waals surface area (Å²) in [6.45, 7) is 1.50. The summed E-state index contributed by atoms with van der Waals surface area (Å²) >= 11 is 12.9. The van der Waals surface area contributed by atoms with Gasteiger partial charge in [0, 0.05) is 35.2 Å². The average molecular weight is 391 g/mol. The van der Waals surface area contributed by atoms with Crippen LogP contribution in [0.3, 0.4) is 0 Å². The number of carbonyl (C=O) groups is 1. The van der Waals surface area contributed by atoms with E-state index < -0.39 is 5.97 Å². The second-order valence-corrected chi connectivity index (χ2v) is 8.06. The highest BCUT2D eigenvalue weighted by Gasteiger charge is 2.39. The number of aromatic carboxylic acids is 1. The third-order valence-electron chi connectivity index (χ3n) is 5.50. The normalized spacial score (nSPS) is 23.1. The maximum Gasteiger partial charge on any atom is 0.339 e. The predicted octanol–water partition coefficient (Wildman–Crippen LogP) is 5.11. The van der Waals surface area contributed by atoms with Crippen LogP contribution < -0.4 is 4.90 Å². The van der Waals surface area contributed by atoms with Crippen molar-refractivity contribution in [1.29, 1.82) is 0 Å². The number of carboxylic acid groups (broad SMARTS) is 1. The van der Waals surface area contributed by atoms with Crippen molar-refractivity contribution in [2.45, 2.75) is 25.2 Å². The van der Waals surface area contributed by atoms with Gasteiger partial charge in [0.2, 0.25) is 0 Å². The van der Waals surface area contributed by atoms with Crippen LogP contribution in [0.5, 0.6) is 0 Å². The van der Waals surface area contributed by atoms with Crippen LogP contribution in [0.1, 0.15) is 41.1 Å². The van der Waals surface area contributed by atoms with Gasteiger partial charge >= 0.3 is 5.97 Å². The number of hydrogen-bond donors (Lipinski definition) is 1. The third-order valence-corrected chi connectivity index (χ3v) is 6.16. The van der Waals surface area contributed by atoms with Crippen LogP contribution >= 0.6 is 23.2 Å². The summed E-state index contributed by atoms with van der Waals surface area (Å²) in [6, 6.07) is 8.88. The molecule has 2 atom stereocenters. The van der Waals surface area contributed by atoms with Gasteiger partial charge in [-0.25, -0.2) is 9.78 Å². The van der Waals surface area contributed by atoms with E-state index in [1.165, 1.54) is 12.8 Å². The van der Waals surface area contributed by atoms with Gasteiger partial charge in [-0.15, -0.1) is 0 Å². The molecule has 26 heavy (non-hydrogen) atoms. The molecular weight excluding hydrogens is 371 g/mol. The molecule has 2 fully saturated rings. The van der Waals surface area contributed by atoms with Crippen molar-refractivity contribution < 1.29 is 9.90 Å². The number of anilines is 1. The standard InChI is InChI=1S/C20H20Cl2N2O2/c21-16-4-1-5-17(22)18(16)14-9-13(12-6-7-12)10-24(11-14)19-15(20(25)26)3-2-8-23-19/h1-5,8,12-14H,6-7,9-11H2,(H,25,26). The molecule has 136 valence electrons. The van der Waals surface area contributed by atoms with Crippen LogP contribution in [0.25, 0.3) is 0 Å². The Kier molecular flexibility index (Phi) is 4.80. The number of rotatable bonds is 4. The molecule has 2 unspecified atom stereocenters. The highest BCUT2D eigenvalue weighted by molar-refractivity contribution is 6.36. The molecule has 6 heteroatoms. The Hall–Kier alpha value is -1.78. The fourth-order valence-electron chi connectivity index (χ4n) is 4.15. The second kappa shape index (κ2) is 7.09. The first-order valence-corrected chi connectivity index (χ1v) is 9.67. The highest BCUT2D eigenvalue weighted by Crippen LogP contribution is 2.47. The average Bonchev–Trinajstić information content (AvgIpc) is 3.46. The number of halogens is 2. The van der Waals surface area contributed by atoms with Crippen molar-refractivity contribution >= 4 is 35.0 Å². The predicted molar refractivity (Wildman–Crippen MR) is 103 cm³/mol. The Morgan fingerprint density at radius 3 is 2.46 bits per heavy atom. The van der Waals surface area contributed by atoms with Gasteiger partial charge in [-0.05, 0) is 60.9 Å². The summed E-state index contributed by atoms with van der Waals surface area (Å²) in [4.78, 5) is 18.1. The molecule has 2 aromatic rings. The van der Waals surface area contributed by atoms with Gasteiger partial charge in [0.05, 0.1) is 0 Å². The molecule has 4 nitrogen and oxygen atoms in total. The van der Waals surface area contributed by atoms with E-state index in [4.69, 9.17) is 23.2 Å². The Bertz CT molecular complexity index is 818. The van der Waals surface area contributed by atoms with Gasteiger partial charge in [-0.3, -0.25) is 0 Å². The van der Waals surface area contributed by atoms with Crippen LogP contribution in [0.2, 0.25) is 10.0 Å². The van der Waals surface area contributed by atoms with Crippen LogP contribution in [0.15, 0.2) is 36.5 Å². The third kappa shape index (κ3) is 3.40. The van der Waals surface area contributed by atoms with Crippen LogP contribution in [0, 0.1) is 11.8 Å². The lowest BCUT2D eigenvalue weighted by molar-refractivity contribution is 0.0697. The summed E-state index contributed by atoms with van der Waals surface area (Å²) in [5, 5.41) is 10.9. The van der Waals surface area contributed by atoms with Crippen LogP contribution in [-0.4, -0.2) is 29.1 Å². The van der Waals surface area contributed by atoms with Gasteiger partial charge in [0.1, 0.15) is 11.4 Å². The number of nitrogens with zero attached hydrogens (tertiary/aromatic N) is 2. The van der Waals surface area contributed by atoms with Crippen molar-refractivity contribution in [2.75, 3.05) is 18.0 Å². The van der Waals surface area contributed by atoms with E-state index in [1.54, 1.807) is 18.3 Å². The molecule has 0 amide bonds. The van der Waals surface area contributed by atoms with E-state index in [9.17, 15) is 9.90 Å². The Balaban J connectivity index is 1.71. The molecule has 1 aliphatic heterocycles. The lowest BCUT2D eigenvalue weighted by Crippen LogP contribution is -2.41. The highest BCUT2D eigenvalue weighted by atomic mass is 35.5. The first kappa shape index (κ1) is 17.6. The molecule has 1 N–H and O–H groups in total. The number of benzene rings is 1. The molecule has 1 aromatic heterocycles. The fraction of sp³-hybridized carbons (Fsp3) is 0.400. The summed E-state index contributed by atoms with van der Waals surface area (Å²) in [5.41, 5.74) is 1.21. The molecule has 1 saturated carbocycles. The second-order valence-electron chi connectivity index (χ2n) is 7.25. The minimum atomic E-state index is -0.950. The first-order valence-electron chi connectivity index (χ1n) is 8.91. The fourth-order valence-corrected chi connectivity index (χ4v) is 4.85. The lowest BCUT2D eigenvalue weighted by Gasteiger charge is -2.40. The topological polar surface area (TPSA) is 53.4 Å².